The van der Waals surface area contributed by atoms with Crippen molar-refractivity contribution in [3.63, 3.8) is 0 Å². The van der Waals surface area contributed by atoms with Crippen LogP contribution in [0.1, 0.15) is 106 Å². The van der Waals surface area contributed by atoms with Crippen molar-refractivity contribution < 1.29 is 19.7 Å². The van der Waals surface area contributed by atoms with Gasteiger partial charge in [0.1, 0.15) is 4.87 Å². The Labute approximate surface area is 791 Å². The number of hydrogen-bond acceptors (Lipinski definition) is 9. The molecule has 0 saturated carbocycles. The Morgan fingerprint density at radius 3 is 0.366 bits per heavy atom. The Balaban J connectivity index is 0.000000136. The summed E-state index contributed by atoms with van der Waals surface area (Å²) in [6.45, 7) is 0. The molecule has 134 heavy (non-hydrogen) atoms. The number of nitro benzene ring substituents is 4. The summed E-state index contributed by atoms with van der Waals surface area (Å²) in [5.74, 6) is 0. The number of nitro groups is 4. The Morgan fingerprint density at radius 1 is 0.157 bits per heavy atom. The molecule has 0 unspecified atom stereocenters. The summed E-state index contributed by atoms with van der Waals surface area (Å²) in [4.78, 5) is 42.3. The van der Waals surface area contributed by atoms with Gasteiger partial charge in [-0.3, -0.25) is 40.5 Å². The van der Waals surface area contributed by atoms with Crippen LogP contribution in [0, 0.1) is 40.5 Å². The van der Waals surface area contributed by atoms with Gasteiger partial charge in [0.2, 0.25) is 0 Å². The van der Waals surface area contributed by atoms with Gasteiger partial charge in [0.05, 0.1) is 41.4 Å². The normalized spacial score (nSPS) is 11.1. The molecule has 0 aromatic heterocycles. The molecule has 19 aromatic carbocycles. The number of anilines is 1. The second-order valence-corrected chi connectivity index (χ2v) is 32.2. The number of benzene rings is 19. The van der Waals surface area contributed by atoms with Crippen LogP contribution in [-0.4, -0.2) is 19.7 Å². The second-order valence-electron chi connectivity index (χ2n) is 31.6. The molecule has 656 valence electrons. The molecule has 0 fully saturated rings. The Kier molecular flexibility index (Phi) is 30.6. The molecule has 0 radical (unpaired) electrons. The molecule has 0 aliphatic carbocycles. The van der Waals surface area contributed by atoms with E-state index in [9.17, 15) is 40.5 Å². The van der Waals surface area contributed by atoms with E-state index in [2.05, 4.69) is 382 Å². The van der Waals surface area contributed by atoms with E-state index < -0.39 is 35.4 Å². The number of nitrogens with zero attached hydrogens (tertiary/aromatic N) is 4. The predicted octanol–water partition coefficient (Wildman–Crippen LogP) is 29.1. The van der Waals surface area contributed by atoms with Gasteiger partial charge in [0.15, 0.2) is 0 Å². The third kappa shape index (κ3) is 19.8. The molecule has 0 bridgehead atoms. The number of halogens is 2. The maximum Gasteiger partial charge on any atom is 0.269 e. The van der Waals surface area contributed by atoms with Crippen molar-refractivity contribution in [1.29, 1.82) is 0 Å². The van der Waals surface area contributed by atoms with Crippen molar-refractivity contribution in [2.24, 2.45) is 0 Å². The second kappa shape index (κ2) is 44.0. The molecular formula is C119H93Cl2N5O8. The molecule has 15 heteroatoms. The van der Waals surface area contributed by atoms with Gasteiger partial charge in [-0.05, 0) is 118 Å². The SMILES string of the molecule is Cl.ClC(c1ccccc1)(c1ccccc1)c1ccccc1.Nc1ccc(C(c2ccccc2)(c2ccccc2)c2ccccc2)cc1.O=[N+]([O-])c1ccc(C(c2ccc([N+](=O)[O-])cc2)(c2ccc([N+](=O)[O-])cc2)c2ccc([N+](=O)[O-])cc2)cc1.c1ccc(C(c2ccccc2)(c2ccccc2)c2ccccc2)cc1.c1ccc(C(c2ccccc2)(c2ccccc2)c2ccccc2)cc1. The molecule has 13 nitrogen and oxygen atoms in total. The molecule has 0 saturated heterocycles. The highest BCUT2D eigenvalue weighted by Crippen LogP contribution is 2.51. The molecule has 0 atom stereocenters. The highest BCUT2D eigenvalue weighted by molar-refractivity contribution is 6.28. The van der Waals surface area contributed by atoms with E-state index in [0.717, 1.165) is 22.4 Å². The van der Waals surface area contributed by atoms with Crippen LogP contribution in [0.3, 0.4) is 0 Å². The van der Waals surface area contributed by atoms with Crippen LogP contribution in [0.4, 0.5) is 28.4 Å². The van der Waals surface area contributed by atoms with Crippen molar-refractivity contribution in [2.75, 3.05) is 5.73 Å². The smallest absolute Gasteiger partial charge is 0.269 e. The minimum absolute atomic E-state index is 0. The van der Waals surface area contributed by atoms with Gasteiger partial charge in [-0.25, -0.2) is 0 Å². The minimum Gasteiger partial charge on any atom is -0.399 e. The number of nitrogen functional groups attached to an aromatic ring is 1. The van der Waals surface area contributed by atoms with E-state index in [1.807, 2.05) is 66.7 Å². The Hall–Kier alpha value is -16.8. The van der Waals surface area contributed by atoms with Gasteiger partial charge >= 0.3 is 0 Å². The van der Waals surface area contributed by atoms with Gasteiger partial charge in [-0.15, -0.1) is 24.0 Å². The van der Waals surface area contributed by atoms with Gasteiger partial charge in [0.25, 0.3) is 22.7 Å². The molecule has 0 amide bonds. The average molecular weight is 1790 g/mol. The zero-order valence-electron chi connectivity index (χ0n) is 72.9. The highest BCUT2D eigenvalue weighted by Gasteiger charge is 2.43. The number of alkyl halides is 1. The summed E-state index contributed by atoms with van der Waals surface area (Å²) in [7, 11) is 0. The third-order valence-electron chi connectivity index (χ3n) is 24.2. The van der Waals surface area contributed by atoms with Gasteiger partial charge in [-0.2, -0.15) is 0 Å². The first kappa shape index (κ1) is 93.3. The van der Waals surface area contributed by atoms with E-state index in [1.54, 1.807) is 0 Å². The minimum atomic E-state index is -1.30. The van der Waals surface area contributed by atoms with Crippen LogP contribution >= 0.6 is 24.0 Å². The van der Waals surface area contributed by atoms with Crippen LogP contribution in [0.15, 0.2) is 546 Å². The molecule has 0 aliphatic rings. The van der Waals surface area contributed by atoms with E-state index in [1.165, 1.54) is 164 Å². The quantitative estimate of drug-likeness (QED) is 0.0213. The van der Waals surface area contributed by atoms with E-state index in [4.69, 9.17) is 17.3 Å². The summed E-state index contributed by atoms with van der Waals surface area (Å²) in [5.41, 5.74) is 24.1. The van der Waals surface area contributed by atoms with E-state index in [0.29, 0.717) is 22.3 Å². The molecular weight excluding hydrogens is 1700 g/mol. The summed E-state index contributed by atoms with van der Waals surface area (Å²) < 4.78 is 0. The van der Waals surface area contributed by atoms with Crippen LogP contribution < -0.4 is 5.73 Å². The topological polar surface area (TPSA) is 199 Å². The number of non-ortho nitro benzene ring substituents is 4. The summed E-state index contributed by atoms with van der Waals surface area (Å²) in [5, 5.41) is 45.2. The lowest BCUT2D eigenvalue weighted by molar-refractivity contribution is -0.385. The first-order chi connectivity index (χ1) is 65.1. The van der Waals surface area contributed by atoms with Crippen LogP contribution in [-0.2, 0) is 26.5 Å². The average Bonchev–Trinajstić information content (AvgIpc) is 0.735. The van der Waals surface area contributed by atoms with Crippen LogP contribution in [0.2, 0.25) is 0 Å². The lowest BCUT2D eigenvalue weighted by Crippen LogP contribution is -2.31. The van der Waals surface area contributed by atoms with Gasteiger partial charge in [0, 0.05) is 54.2 Å². The predicted molar refractivity (Wildman–Crippen MR) is 542 cm³/mol. The highest BCUT2D eigenvalue weighted by atomic mass is 35.5. The largest absolute Gasteiger partial charge is 0.399 e. The summed E-state index contributed by atoms with van der Waals surface area (Å²) in [6, 6.07) is 180. The first-order valence-electron chi connectivity index (χ1n) is 43.4. The fourth-order valence-corrected chi connectivity index (χ4v) is 18.5. The first-order valence-corrected chi connectivity index (χ1v) is 43.8. The molecule has 19 rings (SSSR count). The standard InChI is InChI=1S/C25H16N4O8.C25H21N.2C25H20.C19H15Cl.ClH/c30-26(31)21-9-1-17(2-10-21)25(18-3-11-22(12-4-18)27(32)33,19-5-13-23(14-6-19)28(34)35)20-7-15-24(16-8-20)29(36)37;26-24-18-16-23(17-19-24)25(20-10-4-1-5-11-20,21-12-6-2-7-13-21)22-14-8-3-9-15-22;2*1-5-13-21(14-6-1)25(22-15-7-2-8-16-22,23-17-9-3-10-18-23)24-19-11-4-12-20-24;20-19(16-10-4-1-5-11-16,17-12-6-2-7-13-17)18-14-8-3-9-15-18;/h1-16H;1-19H,26H2;2*1-20H;1-15H;1H. The van der Waals surface area contributed by atoms with Crippen molar-refractivity contribution >= 4 is 52.4 Å². The van der Waals surface area contributed by atoms with E-state index in [-0.39, 0.29) is 46.0 Å². The zero-order chi connectivity index (χ0) is 92.3. The van der Waals surface area contributed by atoms with Crippen molar-refractivity contribution in [3.05, 3.63) is 692 Å². The molecule has 0 spiro atoms. The van der Waals surface area contributed by atoms with Crippen molar-refractivity contribution in [1.82, 2.24) is 0 Å². The third-order valence-corrected chi connectivity index (χ3v) is 24.8. The Morgan fingerprint density at radius 2 is 0.254 bits per heavy atom. The molecule has 2 N–H and O–H groups in total. The lowest BCUT2D eigenvalue weighted by Gasteiger charge is -2.36. The fraction of sp³-hybridized carbons (Fsp3) is 0.0420. The molecule has 19 aromatic rings. The maximum absolute atomic E-state index is 11.3. The molecule has 0 heterocycles. The summed E-state index contributed by atoms with van der Waals surface area (Å²) >= 11 is 7.12. The lowest BCUT2D eigenvalue weighted by atomic mass is 9.65. The number of hydrogen-bond donors (Lipinski definition) is 1. The zero-order valence-corrected chi connectivity index (χ0v) is 74.5. The molecule has 0 aliphatic heterocycles. The van der Waals surface area contributed by atoms with Crippen LogP contribution in [0.5, 0.6) is 0 Å². The fourth-order valence-electron chi connectivity index (χ4n) is 18.1. The maximum atomic E-state index is 11.3. The van der Waals surface area contributed by atoms with Gasteiger partial charge < -0.3 is 5.73 Å². The number of rotatable bonds is 23. The van der Waals surface area contributed by atoms with Crippen LogP contribution in [0.25, 0.3) is 0 Å². The van der Waals surface area contributed by atoms with Crippen molar-refractivity contribution in [3.8, 4) is 0 Å². The number of nitrogens with two attached hydrogens (primary N) is 1. The van der Waals surface area contributed by atoms with E-state index >= 15 is 0 Å². The van der Waals surface area contributed by atoms with Crippen molar-refractivity contribution in [2.45, 2.75) is 26.5 Å². The van der Waals surface area contributed by atoms with Gasteiger partial charge in [-0.1, -0.05) is 485 Å². The monoisotopic (exact) mass is 1790 g/mol. The Bertz CT molecular complexity index is 6000. The summed E-state index contributed by atoms with van der Waals surface area (Å²) in [6.07, 6.45) is 0.